The molecule has 0 radical (unpaired) electrons. The van der Waals surface area contributed by atoms with E-state index in [1.54, 1.807) is 18.2 Å². The first-order valence-electron chi connectivity index (χ1n) is 4.65. The van der Waals surface area contributed by atoms with Crippen LogP contribution in [0.4, 0.5) is 5.82 Å². The number of nitrogens with zero attached hydrogens (tertiary/aromatic N) is 1. The third-order valence-electron chi connectivity index (χ3n) is 1.87. The summed E-state index contributed by atoms with van der Waals surface area (Å²) in [6, 6.07) is 5.30. The second-order valence-electron chi connectivity index (χ2n) is 3.16. The molecule has 1 heterocycles. The Kier molecular flexibility index (Phi) is 4.07. The molecule has 4 heteroatoms. The van der Waals surface area contributed by atoms with E-state index in [1.165, 1.54) is 0 Å². The van der Waals surface area contributed by atoms with E-state index in [0.717, 1.165) is 12.1 Å². The van der Waals surface area contributed by atoms with Gasteiger partial charge in [-0.15, -0.1) is 0 Å². The average Bonchev–Trinajstić information content (AvgIpc) is 2.15. The third kappa shape index (κ3) is 3.53. The molecule has 4 N–H and O–H groups in total. The van der Waals surface area contributed by atoms with Gasteiger partial charge in [0.25, 0.3) is 0 Å². The van der Waals surface area contributed by atoms with E-state index in [2.05, 4.69) is 4.98 Å². The molecule has 0 unspecified atom stereocenters. The summed E-state index contributed by atoms with van der Waals surface area (Å²) in [7, 11) is 0. The number of hydrogen-bond donors (Lipinski definition) is 2. The minimum atomic E-state index is 0.161. The molecule has 76 valence electrons. The lowest BCUT2D eigenvalue weighted by atomic mass is 10.1. The fourth-order valence-corrected chi connectivity index (χ4v) is 1.19. The Labute approximate surface area is 83.3 Å². The normalized spacial score (nSPS) is 10.1. The molecule has 1 rings (SSSR count). The van der Waals surface area contributed by atoms with Crippen LogP contribution < -0.4 is 11.5 Å². The maximum atomic E-state index is 11.3. The Bertz CT molecular complexity index is 312. The molecule has 0 aliphatic carbocycles. The molecule has 0 aliphatic rings. The van der Waals surface area contributed by atoms with E-state index < -0.39 is 0 Å². The highest BCUT2D eigenvalue weighted by molar-refractivity contribution is 5.80. The molecule has 1 aromatic heterocycles. The summed E-state index contributed by atoms with van der Waals surface area (Å²) in [5.41, 5.74) is 11.5. The van der Waals surface area contributed by atoms with Crippen LogP contribution in [0, 0.1) is 0 Å². The van der Waals surface area contributed by atoms with Crippen molar-refractivity contribution in [2.24, 2.45) is 5.73 Å². The largest absolute Gasteiger partial charge is 0.384 e. The highest BCUT2D eigenvalue weighted by Gasteiger charge is 2.04. The minimum absolute atomic E-state index is 0.161. The predicted octanol–water partition coefficient (Wildman–Crippen LogP) is 0.514. The van der Waals surface area contributed by atoms with E-state index >= 15 is 0 Å². The zero-order valence-corrected chi connectivity index (χ0v) is 8.07. The molecule has 0 saturated heterocycles. The first-order chi connectivity index (χ1) is 6.72. The zero-order valence-electron chi connectivity index (χ0n) is 8.07. The number of carbonyl (C=O) groups excluding carboxylic acids is 1. The molecule has 0 fully saturated rings. The molecule has 0 spiro atoms. The second kappa shape index (κ2) is 5.34. The van der Waals surface area contributed by atoms with E-state index in [-0.39, 0.29) is 5.78 Å². The first kappa shape index (κ1) is 10.7. The van der Waals surface area contributed by atoms with Crippen LogP contribution in [-0.2, 0) is 11.2 Å². The minimum Gasteiger partial charge on any atom is -0.384 e. The number of anilines is 1. The molecule has 4 nitrogen and oxygen atoms in total. The first-order valence-corrected chi connectivity index (χ1v) is 4.65. The quantitative estimate of drug-likeness (QED) is 0.714. The number of carbonyl (C=O) groups is 1. The molecule has 0 aliphatic heterocycles. The Morgan fingerprint density at radius 1 is 1.43 bits per heavy atom. The molecular weight excluding hydrogens is 178 g/mol. The third-order valence-corrected chi connectivity index (χ3v) is 1.87. The summed E-state index contributed by atoms with van der Waals surface area (Å²) in [4.78, 5) is 15.4. The van der Waals surface area contributed by atoms with E-state index in [4.69, 9.17) is 11.5 Å². The number of Topliss-reactive ketones (excluding diaryl/α,β-unsaturated/α-hetero) is 1. The van der Waals surface area contributed by atoms with Crippen molar-refractivity contribution in [3.8, 4) is 0 Å². The number of aromatic nitrogens is 1. The summed E-state index contributed by atoms with van der Waals surface area (Å²) in [6.07, 6.45) is 1.61. The van der Waals surface area contributed by atoms with Crippen LogP contribution in [0.2, 0.25) is 0 Å². The zero-order chi connectivity index (χ0) is 10.4. The van der Waals surface area contributed by atoms with Gasteiger partial charge in [0.1, 0.15) is 11.6 Å². The van der Waals surface area contributed by atoms with Crippen molar-refractivity contribution in [2.75, 3.05) is 12.3 Å². The molecule has 1 aromatic rings. The molecular formula is C10H15N3O. The maximum Gasteiger partial charge on any atom is 0.138 e. The van der Waals surface area contributed by atoms with Gasteiger partial charge in [0.05, 0.1) is 5.69 Å². The lowest BCUT2D eigenvalue weighted by molar-refractivity contribution is -0.118. The number of hydrogen-bond acceptors (Lipinski definition) is 4. The molecule has 0 atom stereocenters. The molecule has 0 saturated carbocycles. The summed E-state index contributed by atoms with van der Waals surface area (Å²) in [5, 5.41) is 0. The van der Waals surface area contributed by atoms with Crippen molar-refractivity contribution in [3.05, 3.63) is 23.9 Å². The molecule has 0 aromatic carbocycles. The van der Waals surface area contributed by atoms with Gasteiger partial charge in [-0.05, 0) is 25.1 Å². The SMILES string of the molecule is NCCCC(=O)Cc1cccc(N)n1. The Hall–Kier alpha value is -1.42. The molecule has 14 heavy (non-hydrogen) atoms. The summed E-state index contributed by atoms with van der Waals surface area (Å²) in [6.45, 7) is 0.552. The number of nitrogen functional groups attached to an aromatic ring is 1. The van der Waals surface area contributed by atoms with Gasteiger partial charge in [-0.1, -0.05) is 6.07 Å². The lowest BCUT2D eigenvalue weighted by Crippen LogP contribution is -2.08. The number of rotatable bonds is 5. The van der Waals surface area contributed by atoms with E-state index in [1.807, 2.05) is 0 Å². The van der Waals surface area contributed by atoms with Gasteiger partial charge in [-0.3, -0.25) is 4.79 Å². The number of ketones is 1. The Balaban J connectivity index is 2.47. The highest BCUT2D eigenvalue weighted by atomic mass is 16.1. The van der Waals surface area contributed by atoms with Crippen LogP contribution in [0.25, 0.3) is 0 Å². The summed E-state index contributed by atoms with van der Waals surface area (Å²) < 4.78 is 0. The van der Waals surface area contributed by atoms with Crippen molar-refractivity contribution in [3.63, 3.8) is 0 Å². The number of nitrogens with two attached hydrogens (primary N) is 2. The van der Waals surface area contributed by atoms with E-state index in [9.17, 15) is 4.79 Å². The van der Waals surface area contributed by atoms with Crippen LogP contribution in [0.1, 0.15) is 18.5 Å². The monoisotopic (exact) mass is 193 g/mol. The van der Waals surface area contributed by atoms with Gasteiger partial charge >= 0.3 is 0 Å². The highest BCUT2D eigenvalue weighted by Crippen LogP contribution is 2.03. The standard InChI is InChI=1S/C10H15N3O/c11-6-2-4-9(14)7-8-3-1-5-10(12)13-8/h1,3,5H,2,4,6-7,11H2,(H2,12,13). The van der Waals surface area contributed by atoms with Gasteiger partial charge in [0, 0.05) is 12.8 Å². The van der Waals surface area contributed by atoms with E-state index in [0.29, 0.717) is 25.2 Å². The van der Waals surface area contributed by atoms with Gasteiger partial charge in [0.2, 0.25) is 0 Å². The topological polar surface area (TPSA) is 82.0 Å². The van der Waals surface area contributed by atoms with Crippen molar-refractivity contribution < 1.29 is 4.79 Å². The summed E-state index contributed by atoms with van der Waals surface area (Å²) in [5.74, 6) is 0.614. The van der Waals surface area contributed by atoms with Gasteiger partial charge < -0.3 is 11.5 Å². The fraction of sp³-hybridized carbons (Fsp3) is 0.400. The number of pyridine rings is 1. The van der Waals surface area contributed by atoms with Crippen molar-refractivity contribution in [1.82, 2.24) is 4.98 Å². The van der Waals surface area contributed by atoms with Crippen molar-refractivity contribution in [1.29, 1.82) is 0 Å². The smallest absolute Gasteiger partial charge is 0.138 e. The van der Waals surface area contributed by atoms with Crippen LogP contribution in [0.15, 0.2) is 18.2 Å². The van der Waals surface area contributed by atoms with Gasteiger partial charge in [-0.25, -0.2) is 4.98 Å². The second-order valence-corrected chi connectivity index (χ2v) is 3.16. The van der Waals surface area contributed by atoms with Gasteiger partial charge in [-0.2, -0.15) is 0 Å². The maximum absolute atomic E-state index is 11.3. The average molecular weight is 193 g/mol. The van der Waals surface area contributed by atoms with Crippen molar-refractivity contribution in [2.45, 2.75) is 19.3 Å². The Morgan fingerprint density at radius 3 is 2.86 bits per heavy atom. The van der Waals surface area contributed by atoms with Gasteiger partial charge in [0.15, 0.2) is 0 Å². The predicted molar refractivity (Wildman–Crippen MR) is 55.6 cm³/mol. The lowest BCUT2D eigenvalue weighted by Gasteiger charge is -2.00. The molecule has 0 amide bonds. The molecule has 0 bridgehead atoms. The van der Waals surface area contributed by atoms with Crippen LogP contribution in [-0.4, -0.2) is 17.3 Å². The van der Waals surface area contributed by atoms with Crippen LogP contribution in [0.3, 0.4) is 0 Å². The van der Waals surface area contributed by atoms with Crippen LogP contribution >= 0.6 is 0 Å². The van der Waals surface area contributed by atoms with Crippen LogP contribution in [0.5, 0.6) is 0 Å². The fourth-order valence-electron chi connectivity index (χ4n) is 1.19. The summed E-state index contributed by atoms with van der Waals surface area (Å²) >= 11 is 0. The van der Waals surface area contributed by atoms with Crippen molar-refractivity contribution >= 4 is 11.6 Å². The Morgan fingerprint density at radius 2 is 2.21 bits per heavy atom.